The zero-order chi connectivity index (χ0) is 21.5. The van der Waals surface area contributed by atoms with Crippen LogP contribution < -0.4 is 0 Å². The normalized spacial score (nSPS) is 11.2. The molecule has 3 heterocycles. The van der Waals surface area contributed by atoms with Crippen molar-refractivity contribution >= 4 is 46.1 Å². The van der Waals surface area contributed by atoms with Crippen LogP contribution in [0.15, 0.2) is 60.0 Å². The summed E-state index contributed by atoms with van der Waals surface area (Å²) in [6.07, 6.45) is 0. The zero-order valence-corrected chi connectivity index (χ0v) is 19.2. The van der Waals surface area contributed by atoms with Gasteiger partial charge in [0.1, 0.15) is 5.69 Å². The number of nitrogens with zero attached hydrogens (tertiary/aromatic N) is 4. The molecule has 0 aliphatic carbocycles. The monoisotopic (exact) mass is 485 g/mol. The first-order valence-corrected chi connectivity index (χ1v) is 11.3. The number of hydrogen-bond donors (Lipinski definition) is 1. The van der Waals surface area contributed by atoms with E-state index < -0.39 is 0 Å². The van der Waals surface area contributed by atoms with E-state index in [1.165, 1.54) is 0 Å². The summed E-state index contributed by atoms with van der Waals surface area (Å²) in [4.78, 5) is 5.68. The average molecular weight is 487 g/mol. The van der Waals surface area contributed by atoms with Crippen LogP contribution in [0.3, 0.4) is 0 Å². The smallest absolute Gasteiger partial charge is 0.202 e. The maximum absolute atomic E-state index is 6.53. The van der Waals surface area contributed by atoms with Gasteiger partial charge in [-0.1, -0.05) is 53.0 Å². The fourth-order valence-electron chi connectivity index (χ4n) is 3.37. The third-order valence-corrected chi connectivity index (χ3v) is 6.50. The van der Waals surface area contributed by atoms with Crippen molar-refractivity contribution in [2.75, 3.05) is 0 Å². The Kier molecular flexibility index (Phi) is 5.32. The number of hydrogen-bond acceptors (Lipinski definition) is 4. The highest BCUT2D eigenvalue weighted by molar-refractivity contribution is 7.13. The second-order valence-corrected chi connectivity index (χ2v) is 9.05. The van der Waals surface area contributed by atoms with Gasteiger partial charge in [-0.05, 0) is 48.7 Å². The van der Waals surface area contributed by atoms with Gasteiger partial charge >= 0.3 is 0 Å². The third kappa shape index (κ3) is 3.77. The molecule has 3 aromatic heterocycles. The predicted octanol–water partition coefficient (Wildman–Crippen LogP) is 7.32. The topological polar surface area (TPSA) is 59.4 Å². The molecule has 0 aliphatic rings. The summed E-state index contributed by atoms with van der Waals surface area (Å²) in [5.41, 5.74) is 4.11. The molecule has 5 nitrogen and oxygen atoms in total. The predicted molar refractivity (Wildman–Crippen MR) is 127 cm³/mol. The molecule has 0 bridgehead atoms. The minimum absolute atomic E-state index is 0.492. The molecule has 5 rings (SSSR count). The van der Waals surface area contributed by atoms with Crippen LogP contribution in [0, 0.1) is 6.92 Å². The SMILES string of the molecule is Cc1c(-c2n[nH]c(-c3cccs3)n2)nn(-c2ccc(Cl)cc2Cl)c1-c1ccc(Cl)cc1. The Labute approximate surface area is 197 Å². The molecule has 0 amide bonds. The van der Waals surface area contributed by atoms with Crippen LogP contribution in [0.25, 0.3) is 39.2 Å². The van der Waals surface area contributed by atoms with Gasteiger partial charge in [0.15, 0.2) is 5.82 Å². The van der Waals surface area contributed by atoms with Crippen LogP contribution in [-0.4, -0.2) is 25.0 Å². The lowest BCUT2D eigenvalue weighted by Gasteiger charge is -2.11. The van der Waals surface area contributed by atoms with Crippen molar-refractivity contribution in [3.05, 3.63) is 80.6 Å². The van der Waals surface area contributed by atoms with Crippen molar-refractivity contribution in [1.82, 2.24) is 25.0 Å². The lowest BCUT2D eigenvalue weighted by molar-refractivity contribution is 0.887. The Hall–Kier alpha value is -2.64. The minimum Gasteiger partial charge on any atom is -0.258 e. The molecule has 0 atom stereocenters. The van der Waals surface area contributed by atoms with Gasteiger partial charge in [-0.2, -0.15) is 10.2 Å². The van der Waals surface area contributed by atoms with Crippen molar-refractivity contribution in [2.45, 2.75) is 6.92 Å². The summed E-state index contributed by atoms with van der Waals surface area (Å²) in [6, 6.07) is 16.9. The standard InChI is InChI=1S/C22H14Cl3N5S/c1-12-19(22-26-21(27-28-22)18-3-2-10-31-18)29-30(17-9-8-15(24)11-16(17)25)20(12)13-4-6-14(23)7-5-13/h2-11H,1H3,(H,26,27,28). The average Bonchev–Trinajstić information content (AvgIpc) is 3.48. The number of nitrogens with one attached hydrogen (secondary N) is 1. The number of halogens is 3. The van der Waals surface area contributed by atoms with Gasteiger partial charge in [0.25, 0.3) is 0 Å². The Morgan fingerprint density at radius 1 is 0.968 bits per heavy atom. The van der Waals surface area contributed by atoms with Gasteiger partial charge in [0, 0.05) is 21.2 Å². The molecule has 2 aromatic carbocycles. The molecule has 0 aliphatic heterocycles. The lowest BCUT2D eigenvalue weighted by Crippen LogP contribution is -2.00. The van der Waals surface area contributed by atoms with Crippen LogP contribution in [0.2, 0.25) is 15.1 Å². The molecular weight excluding hydrogens is 473 g/mol. The van der Waals surface area contributed by atoms with E-state index in [1.807, 2.05) is 54.8 Å². The van der Waals surface area contributed by atoms with E-state index in [4.69, 9.17) is 39.9 Å². The molecule has 0 saturated carbocycles. The third-order valence-electron chi connectivity index (χ3n) is 4.83. The Balaban J connectivity index is 1.71. The zero-order valence-electron chi connectivity index (χ0n) is 16.1. The van der Waals surface area contributed by atoms with Gasteiger partial charge in [-0.15, -0.1) is 11.3 Å². The second-order valence-electron chi connectivity index (χ2n) is 6.82. The molecule has 0 fully saturated rings. The van der Waals surface area contributed by atoms with E-state index in [9.17, 15) is 0 Å². The van der Waals surface area contributed by atoms with Crippen LogP contribution >= 0.6 is 46.1 Å². The Morgan fingerprint density at radius 2 is 1.74 bits per heavy atom. The first-order chi connectivity index (χ1) is 15.0. The summed E-state index contributed by atoms with van der Waals surface area (Å²) in [6.45, 7) is 1.99. The number of aromatic nitrogens is 5. The van der Waals surface area contributed by atoms with Gasteiger partial charge in [0.05, 0.1) is 21.3 Å². The van der Waals surface area contributed by atoms with E-state index in [2.05, 4.69) is 15.2 Å². The van der Waals surface area contributed by atoms with Crippen LogP contribution in [0.4, 0.5) is 0 Å². The minimum atomic E-state index is 0.492. The fraction of sp³-hybridized carbons (Fsp3) is 0.0455. The van der Waals surface area contributed by atoms with E-state index in [1.54, 1.807) is 28.2 Å². The molecule has 0 spiro atoms. The van der Waals surface area contributed by atoms with Gasteiger partial charge in [0.2, 0.25) is 5.82 Å². The maximum Gasteiger partial charge on any atom is 0.202 e. The van der Waals surface area contributed by atoms with Crippen LogP contribution in [-0.2, 0) is 0 Å². The van der Waals surface area contributed by atoms with E-state index in [0.29, 0.717) is 38.1 Å². The van der Waals surface area contributed by atoms with E-state index in [0.717, 1.165) is 21.7 Å². The Morgan fingerprint density at radius 3 is 2.45 bits per heavy atom. The first kappa shape index (κ1) is 20.3. The van der Waals surface area contributed by atoms with Crippen molar-refractivity contribution in [3.8, 4) is 39.2 Å². The van der Waals surface area contributed by atoms with Crippen LogP contribution in [0.5, 0.6) is 0 Å². The van der Waals surface area contributed by atoms with Crippen molar-refractivity contribution < 1.29 is 0 Å². The highest BCUT2D eigenvalue weighted by Gasteiger charge is 2.23. The number of thiophene rings is 1. The summed E-state index contributed by atoms with van der Waals surface area (Å²) >= 11 is 20.3. The highest BCUT2D eigenvalue weighted by atomic mass is 35.5. The van der Waals surface area contributed by atoms with Crippen molar-refractivity contribution in [1.29, 1.82) is 0 Å². The van der Waals surface area contributed by atoms with E-state index in [-0.39, 0.29) is 0 Å². The van der Waals surface area contributed by atoms with Gasteiger partial charge < -0.3 is 0 Å². The number of H-pyrrole nitrogens is 1. The van der Waals surface area contributed by atoms with Gasteiger partial charge in [-0.25, -0.2) is 9.67 Å². The first-order valence-electron chi connectivity index (χ1n) is 9.29. The summed E-state index contributed by atoms with van der Waals surface area (Å²) in [5.74, 6) is 1.22. The molecule has 0 radical (unpaired) electrons. The number of rotatable bonds is 4. The van der Waals surface area contributed by atoms with Crippen molar-refractivity contribution in [3.63, 3.8) is 0 Å². The van der Waals surface area contributed by atoms with E-state index >= 15 is 0 Å². The Bertz CT molecular complexity index is 1370. The molecule has 9 heteroatoms. The molecule has 1 N–H and O–H groups in total. The molecule has 0 saturated heterocycles. The molecular formula is C22H14Cl3N5S. The van der Waals surface area contributed by atoms with Crippen LogP contribution in [0.1, 0.15) is 5.56 Å². The largest absolute Gasteiger partial charge is 0.258 e. The quantitative estimate of drug-likeness (QED) is 0.289. The molecule has 31 heavy (non-hydrogen) atoms. The van der Waals surface area contributed by atoms with Crippen molar-refractivity contribution in [2.24, 2.45) is 0 Å². The summed E-state index contributed by atoms with van der Waals surface area (Å²) in [5, 5.41) is 16.0. The highest BCUT2D eigenvalue weighted by Crippen LogP contribution is 2.36. The van der Waals surface area contributed by atoms with Gasteiger partial charge in [-0.3, -0.25) is 5.10 Å². The molecule has 154 valence electrons. The fourth-order valence-corrected chi connectivity index (χ4v) is 4.65. The number of aromatic amines is 1. The summed E-state index contributed by atoms with van der Waals surface area (Å²) in [7, 11) is 0. The maximum atomic E-state index is 6.53. The lowest BCUT2D eigenvalue weighted by atomic mass is 10.1. The number of benzene rings is 2. The molecule has 5 aromatic rings. The molecule has 0 unspecified atom stereocenters. The summed E-state index contributed by atoms with van der Waals surface area (Å²) < 4.78 is 1.80. The second kappa shape index (κ2) is 8.13.